The van der Waals surface area contributed by atoms with Crippen LogP contribution in [0.2, 0.25) is 0 Å². The molecule has 0 bridgehead atoms. The number of hydrogen-bond donors (Lipinski definition) is 0. The van der Waals surface area contributed by atoms with Crippen molar-refractivity contribution in [3.63, 3.8) is 0 Å². The maximum absolute atomic E-state index is 9.90. The normalized spacial score (nSPS) is 14.6. The van der Waals surface area contributed by atoms with Gasteiger partial charge in [-0.2, -0.15) is 5.11 Å². The minimum atomic E-state index is -0.269. The van der Waals surface area contributed by atoms with Crippen molar-refractivity contribution in [2.24, 2.45) is 10.2 Å². The first-order valence-corrected chi connectivity index (χ1v) is 1.51. The van der Waals surface area contributed by atoms with Gasteiger partial charge < -0.3 is 0 Å². The Labute approximate surface area is 53.3 Å². The number of amides is 1. The summed E-state index contributed by atoms with van der Waals surface area (Å²) in [6.07, 6.45) is 2.67. The quantitative estimate of drug-likeness (QED) is 0.460. The molecule has 4 heteroatoms. The van der Waals surface area contributed by atoms with Crippen LogP contribution in [0.5, 0.6) is 0 Å². The van der Waals surface area contributed by atoms with Crippen LogP contribution in [0.1, 0.15) is 0 Å². The standard InChI is InChI=1S/C3H2N2O.Zn/c6-3-1-2-4-5-3;/h1-2H;. The molecule has 0 N–H and O–H groups in total. The molecule has 0 aliphatic carbocycles. The third-order valence-electron chi connectivity index (χ3n) is 0.440. The molecule has 0 radical (unpaired) electrons. The van der Waals surface area contributed by atoms with Crippen LogP contribution in [0.15, 0.2) is 22.5 Å². The molecule has 0 unspecified atom stereocenters. The molecular weight excluding hydrogens is 145 g/mol. The van der Waals surface area contributed by atoms with Gasteiger partial charge in [-0.1, -0.05) is 0 Å². The zero-order chi connectivity index (χ0) is 4.41. The molecule has 0 fully saturated rings. The van der Waals surface area contributed by atoms with Crippen molar-refractivity contribution in [1.29, 1.82) is 0 Å². The van der Waals surface area contributed by atoms with Gasteiger partial charge in [-0.05, 0) is 0 Å². The zero-order valence-corrected chi connectivity index (χ0v) is 6.63. The van der Waals surface area contributed by atoms with Gasteiger partial charge >= 0.3 is 0 Å². The predicted molar refractivity (Wildman–Crippen MR) is 19.0 cm³/mol. The molecule has 1 amide bonds. The molecule has 32 valence electrons. The smallest absolute Gasteiger partial charge is 0.266 e. The van der Waals surface area contributed by atoms with Crippen LogP contribution >= 0.6 is 0 Å². The van der Waals surface area contributed by atoms with E-state index in [-0.39, 0.29) is 25.4 Å². The largest absolute Gasteiger partial charge is 0.289 e. The Morgan fingerprint density at radius 3 is 2.43 bits per heavy atom. The van der Waals surface area contributed by atoms with Crippen LogP contribution in [0.3, 0.4) is 0 Å². The molecule has 3 nitrogen and oxygen atoms in total. The molecule has 1 rings (SSSR count). The van der Waals surface area contributed by atoms with E-state index in [0.717, 1.165) is 0 Å². The fourth-order valence-electron chi connectivity index (χ4n) is 0.221. The molecule has 0 aromatic carbocycles. The summed E-state index contributed by atoms with van der Waals surface area (Å²) in [5, 5.41) is 6.37. The molecule has 0 atom stereocenters. The Morgan fingerprint density at radius 1 is 1.57 bits per heavy atom. The van der Waals surface area contributed by atoms with Crippen molar-refractivity contribution in [2.75, 3.05) is 0 Å². The van der Waals surface area contributed by atoms with E-state index in [2.05, 4.69) is 10.2 Å². The summed E-state index contributed by atoms with van der Waals surface area (Å²) in [5.74, 6) is -0.269. The second-order valence-electron chi connectivity index (χ2n) is 0.869. The van der Waals surface area contributed by atoms with Crippen LogP contribution in [0.25, 0.3) is 0 Å². The Hall–Kier alpha value is -0.367. The van der Waals surface area contributed by atoms with Gasteiger partial charge in [0.25, 0.3) is 5.91 Å². The second-order valence-corrected chi connectivity index (χ2v) is 0.869. The Bertz CT molecular complexity index is 115. The average molecular weight is 147 g/mol. The fraction of sp³-hybridized carbons (Fsp3) is 0. The molecular formula is C3H2N2OZn. The van der Waals surface area contributed by atoms with E-state index in [1.54, 1.807) is 0 Å². The molecule has 0 saturated carbocycles. The molecule has 0 aromatic rings. The Kier molecular flexibility index (Phi) is 2.60. The van der Waals surface area contributed by atoms with E-state index >= 15 is 0 Å². The monoisotopic (exact) mass is 146 g/mol. The van der Waals surface area contributed by atoms with Crippen LogP contribution in [0, 0.1) is 0 Å². The molecule has 0 spiro atoms. The number of carbonyl (C=O) groups is 1. The molecule has 1 heterocycles. The van der Waals surface area contributed by atoms with Crippen molar-refractivity contribution in [2.45, 2.75) is 0 Å². The van der Waals surface area contributed by atoms with Crippen molar-refractivity contribution >= 4 is 5.91 Å². The Morgan fingerprint density at radius 2 is 2.29 bits per heavy atom. The van der Waals surface area contributed by atoms with Crippen molar-refractivity contribution in [1.82, 2.24) is 0 Å². The van der Waals surface area contributed by atoms with E-state index in [1.165, 1.54) is 12.3 Å². The van der Waals surface area contributed by atoms with Gasteiger partial charge in [-0.25, -0.2) is 0 Å². The van der Waals surface area contributed by atoms with E-state index in [1.807, 2.05) is 0 Å². The number of nitrogens with zero attached hydrogens (tertiary/aromatic N) is 2. The molecule has 0 saturated heterocycles. The number of rotatable bonds is 0. The molecule has 7 heavy (non-hydrogen) atoms. The molecule has 0 aromatic heterocycles. The second kappa shape index (κ2) is 2.75. The van der Waals surface area contributed by atoms with Crippen molar-refractivity contribution in [3.05, 3.63) is 12.3 Å². The van der Waals surface area contributed by atoms with Crippen molar-refractivity contribution in [3.8, 4) is 0 Å². The Balaban J connectivity index is 0.000000360. The van der Waals surface area contributed by atoms with Gasteiger partial charge in [-0.15, -0.1) is 5.11 Å². The minimum Gasteiger partial charge on any atom is -0.266 e. The first-order chi connectivity index (χ1) is 2.89. The van der Waals surface area contributed by atoms with Crippen LogP contribution < -0.4 is 0 Å². The van der Waals surface area contributed by atoms with E-state index in [9.17, 15) is 4.79 Å². The molecule has 1 aliphatic heterocycles. The van der Waals surface area contributed by atoms with E-state index in [4.69, 9.17) is 0 Å². The van der Waals surface area contributed by atoms with Gasteiger partial charge in [0.2, 0.25) is 0 Å². The van der Waals surface area contributed by atoms with Crippen molar-refractivity contribution < 1.29 is 24.3 Å². The first-order valence-electron chi connectivity index (χ1n) is 1.51. The van der Waals surface area contributed by atoms with Crippen LogP contribution in [-0.4, -0.2) is 5.91 Å². The summed E-state index contributed by atoms with van der Waals surface area (Å²) in [7, 11) is 0. The SMILES string of the molecule is O=C1C=CN=N1.[Zn]. The topological polar surface area (TPSA) is 41.8 Å². The maximum atomic E-state index is 9.90. The average Bonchev–Trinajstić information content (AvgIpc) is 1.86. The van der Waals surface area contributed by atoms with E-state index in [0.29, 0.717) is 0 Å². The predicted octanol–water partition coefficient (Wildman–Crippen LogP) is 0.490. The summed E-state index contributed by atoms with van der Waals surface area (Å²) in [6, 6.07) is 0. The van der Waals surface area contributed by atoms with E-state index < -0.39 is 0 Å². The third-order valence-corrected chi connectivity index (χ3v) is 0.440. The summed E-state index contributed by atoms with van der Waals surface area (Å²) in [5.41, 5.74) is 0. The number of hydrogen-bond acceptors (Lipinski definition) is 2. The fourth-order valence-corrected chi connectivity index (χ4v) is 0.221. The molecule has 1 aliphatic rings. The van der Waals surface area contributed by atoms with Gasteiger partial charge in [0.15, 0.2) is 0 Å². The summed E-state index contributed by atoms with van der Waals surface area (Å²) >= 11 is 0. The number of azo groups is 1. The summed E-state index contributed by atoms with van der Waals surface area (Å²) in [6.45, 7) is 0. The third kappa shape index (κ3) is 1.69. The van der Waals surface area contributed by atoms with Gasteiger partial charge in [0.1, 0.15) is 0 Å². The zero-order valence-electron chi connectivity index (χ0n) is 3.66. The first kappa shape index (κ1) is 6.63. The maximum Gasteiger partial charge on any atom is 0.289 e. The van der Waals surface area contributed by atoms with Crippen LogP contribution in [0.4, 0.5) is 0 Å². The van der Waals surface area contributed by atoms with Crippen LogP contribution in [-0.2, 0) is 24.3 Å². The summed E-state index contributed by atoms with van der Waals surface area (Å²) < 4.78 is 0. The van der Waals surface area contributed by atoms with Gasteiger partial charge in [-0.3, -0.25) is 4.79 Å². The minimum absolute atomic E-state index is 0. The summed E-state index contributed by atoms with van der Waals surface area (Å²) in [4.78, 5) is 9.90. The van der Waals surface area contributed by atoms with Gasteiger partial charge in [0, 0.05) is 25.6 Å². The number of carbonyl (C=O) groups excluding carboxylic acids is 1. The van der Waals surface area contributed by atoms with Gasteiger partial charge in [0.05, 0.1) is 6.20 Å².